The summed E-state index contributed by atoms with van der Waals surface area (Å²) in [5.41, 5.74) is 1.15. The van der Waals surface area contributed by atoms with E-state index in [4.69, 9.17) is 14.2 Å². The van der Waals surface area contributed by atoms with Crippen LogP contribution in [0.2, 0.25) is 0 Å². The minimum atomic E-state index is -1.02. The molecule has 1 saturated heterocycles. The van der Waals surface area contributed by atoms with Gasteiger partial charge in [0.25, 0.3) is 5.78 Å². The first kappa shape index (κ1) is 27.8. The number of anilines is 1. The maximum absolute atomic E-state index is 13.5. The van der Waals surface area contributed by atoms with E-state index in [9.17, 15) is 19.5 Å². The van der Waals surface area contributed by atoms with Crippen molar-refractivity contribution in [2.24, 2.45) is 5.92 Å². The Morgan fingerprint density at radius 3 is 2.46 bits per heavy atom. The van der Waals surface area contributed by atoms with Crippen LogP contribution in [0, 0.1) is 12.8 Å². The van der Waals surface area contributed by atoms with Gasteiger partial charge in [-0.15, -0.1) is 0 Å². The molecule has 1 N–H and O–H groups in total. The van der Waals surface area contributed by atoms with Gasteiger partial charge in [-0.2, -0.15) is 0 Å². The van der Waals surface area contributed by atoms with Crippen LogP contribution in [-0.2, 0) is 14.3 Å². The number of methoxy groups -OCH3 is 2. The maximum atomic E-state index is 13.5. The third kappa shape index (κ3) is 5.65. The van der Waals surface area contributed by atoms with Crippen LogP contribution in [0.3, 0.4) is 0 Å². The van der Waals surface area contributed by atoms with Crippen LogP contribution in [0.4, 0.5) is 5.13 Å². The molecule has 2 heterocycles. The molecule has 10 heteroatoms. The molecule has 39 heavy (non-hydrogen) atoms. The molecule has 0 bridgehead atoms. The van der Waals surface area contributed by atoms with Gasteiger partial charge >= 0.3 is 11.9 Å². The Kier molecular flexibility index (Phi) is 8.35. The van der Waals surface area contributed by atoms with E-state index in [2.05, 4.69) is 18.8 Å². The number of esters is 1. The lowest BCUT2D eigenvalue weighted by atomic mass is 9.95. The standard InChI is InChI=1S/C29H30N2O7S/c1-16(2)13-14-38-21-8-6-7-19(15-21)23-22(24(32)18-9-11-20(36-4)12-10-18)25(33)27(34)31(23)29-30-17(3)26(39-29)28(35)37-5/h6-12,15-16,23,32H,13-14H2,1-5H3. The Morgan fingerprint density at radius 1 is 1.10 bits per heavy atom. The fourth-order valence-corrected chi connectivity index (χ4v) is 5.22. The molecule has 3 aromatic rings. The number of thiazole rings is 1. The number of rotatable bonds is 9. The lowest BCUT2D eigenvalue weighted by molar-refractivity contribution is -0.132. The summed E-state index contributed by atoms with van der Waals surface area (Å²) in [4.78, 5) is 45.0. The normalized spacial score (nSPS) is 16.6. The first-order valence-electron chi connectivity index (χ1n) is 12.4. The van der Waals surface area contributed by atoms with E-state index in [0.717, 1.165) is 17.8 Å². The van der Waals surface area contributed by atoms with Crippen molar-refractivity contribution in [2.45, 2.75) is 33.2 Å². The molecule has 1 atom stereocenters. The van der Waals surface area contributed by atoms with Crippen molar-refractivity contribution in [1.82, 2.24) is 4.98 Å². The molecule has 1 fully saturated rings. The SMILES string of the molecule is COC(=O)c1sc(N2C(=O)C(=O)C(=C(O)c3ccc(OC)cc3)C2c2cccc(OCCC(C)C)c2)nc1C. The molecule has 2 aromatic carbocycles. The average Bonchev–Trinajstić information content (AvgIpc) is 3.44. The number of benzene rings is 2. The van der Waals surface area contributed by atoms with Gasteiger partial charge in [-0.3, -0.25) is 14.5 Å². The van der Waals surface area contributed by atoms with Gasteiger partial charge in [0.15, 0.2) is 5.13 Å². The quantitative estimate of drug-likeness (QED) is 0.165. The van der Waals surface area contributed by atoms with Gasteiger partial charge < -0.3 is 19.3 Å². The van der Waals surface area contributed by atoms with E-state index in [-0.39, 0.29) is 21.3 Å². The lowest BCUT2D eigenvalue weighted by Gasteiger charge is -2.23. The summed E-state index contributed by atoms with van der Waals surface area (Å²) in [6.07, 6.45) is 0.856. The van der Waals surface area contributed by atoms with Crippen LogP contribution in [0.1, 0.15) is 52.8 Å². The lowest BCUT2D eigenvalue weighted by Crippen LogP contribution is -2.29. The number of aromatic nitrogens is 1. The molecule has 0 radical (unpaired) electrons. The van der Waals surface area contributed by atoms with Gasteiger partial charge in [0.05, 0.1) is 38.1 Å². The summed E-state index contributed by atoms with van der Waals surface area (Å²) >= 11 is 0.945. The Labute approximate surface area is 230 Å². The van der Waals surface area contributed by atoms with Gasteiger partial charge in [-0.1, -0.05) is 37.3 Å². The monoisotopic (exact) mass is 550 g/mol. The molecule has 1 aliphatic heterocycles. The maximum Gasteiger partial charge on any atom is 0.350 e. The molecule has 9 nitrogen and oxygen atoms in total. The van der Waals surface area contributed by atoms with Crippen molar-refractivity contribution in [2.75, 3.05) is 25.7 Å². The minimum absolute atomic E-state index is 0.100. The number of carbonyl (C=O) groups excluding carboxylic acids is 3. The molecule has 204 valence electrons. The zero-order chi connectivity index (χ0) is 28.3. The second-order valence-corrected chi connectivity index (χ2v) is 10.4. The number of carbonyl (C=O) groups is 3. The van der Waals surface area contributed by atoms with Crippen LogP contribution in [-0.4, -0.2) is 48.6 Å². The van der Waals surface area contributed by atoms with E-state index in [1.54, 1.807) is 55.5 Å². The van der Waals surface area contributed by atoms with Gasteiger partial charge in [-0.05, 0) is 61.2 Å². The van der Waals surface area contributed by atoms with E-state index in [0.29, 0.717) is 40.8 Å². The number of amides is 1. The number of aliphatic hydroxyl groups excluding tert-OH is 1. The highest BCUT2D eigenvalue weighted by molar-refractivity contribution is 7.17. The summed E-state index contributed by atoms with van der Waals surface area (Å²) in [5, 5.41) is 11.5. The molecule has 0 saturated carbocycles. The average molecular weight is 551 g/mol. The second kappa shape index (κ2) is 11.7. The summed E-state index contributed by atoms with van der Waals surface area (Å²) in [5.74, 6) is -1.07. The molecular formula is C29H30N2O7S. The highest BCUT2D eigenvalue weighted by Crippen LogP contribution is 2.44. The molecule has 1 unspecified atom stereocenters. The summed E-state index contributed by atoms with van der Waals surface area (Å²) in [6, 6.07) is 12.5. The van der Waals surface area contributed by atoms with Crippen molar-refractivity contribution in [3.05, 3.63) is 75.8 Å². The summed E-state index contributed by atoms with van der Waals surface area (Å²) in [7, 11) is 2.78. The van der Waals surface area contributed by atoms with Gasteiger partial charge in [0, 0.05) is 5.56 Å². The third-order valence-corrected chi connectivity index (χ3v) is 7.44. The highest BCUT2D eigenvalue weighted by atomic mass is 32.1. The number of nitrogens with zero attached hydrogens (tertiary/aromatic N) is 2. The number of aryl methyl sites for hydroxylation is 1. The molecule has 1 aromatic heterocycles. The molecule has 0 aliphatic carbocycles. The van der Waals surface area contributed by atoms with Crippen LogP contribution in [0.25, 0.3) is 5.76 Å². The fraction of sp³-hybridized carbons (Fsp3) is 0.310. The van der Waals surface area contributed by atoms with Crippen LogP contribution in [0.15, 0.2) is 54.1 Å². The van der Waals surface area contributed by atoms with Crippen molar-refractivity contribution in [1.29, 1.82) is 0 Å². The molecular weight excluding hydrogens is 520 g/mol. The molecule has 4 rings (SSSR count). The first-order chi connectivity index (χ1) is 18.7. The van der Waals surface area contributed by atoms with E-state index in [1.165, 1.54) is 19.1 Å². The predicted octanol–water partition coefficient (Wildman–Crippen LogP) is 5.30. The van der Waals surface area contributed by atoms with Crippen LogP contribution in [0.5, 0.6) is 11.5 Å². The Balaban J connectivity index is 1.86. The number of hydrogen-bond donors (Lipinski definition) is 1. The number of hydrogen-bond acceptors (Lipinski definition) is 9. The molecule has 0 spiro atoms. The number of aliphatic hydroxyl groups is 1. The predicted molar refractivity (Wildman–Crippen MR) is 147 cm³/mol. The summed E-state index contributed by atoms with van der Waals surface area (Å²) < 4.78 is 16.0. The summed E-state index contributed by atoms with van der Waals surface area (Å²) in [6.45, 7) is 6.33. The van der Waals surface area contributed by atoms with Crippen LogP contribution < -0.4 is 14.4 Å². The minimum Gasteiger partial charge on any atom is -0.507 e. The van der Waals surface area contributed by atoms with E-state index >= 15 is 0 Å². The van der Waals surface area contributed by atoms with Crippen molar-refractivity contribution < 1.29 is 33.7 Å². The van der Waals surface area contributed by atoms with E-state index < -0.39 is 23.7 Å². The Bertz CT molecular complexity index is 1430. The third-order valence-electron chi connectivity index (χ3n) is 6.31. The Hall–Kier alpha value is -4.18. The topological polar surface area (TPSA) is 115 Å². The largest absolute Gasteiger partial charge is 0.507 e. The second-order valence-electron chi connectivity index (χ2n) is 9.40. The fourth-order valence-electron chi connectivity index (χ4n) is 4.20. The van der Waals surface area contributed by atoms with Crippen molar-refractivity contribution >= 4 is 39.9 Å². The number of ether oxygens (including phenoxy) is 3. The Morgan fingerprint density at radius 2 is 1.82 bits per heavy atom. The highest BCUT2D eigenvalue weighted by Gasteiger charge is 2.48. The van der Waals surface area contributed by atoms with E-state index in [1.807, 2.05) is 0 Å². The number of ketones is 1. The number of Topliss-reactive ketones (excluding diaryl/α,β-unsaturated/α-hetero) is 1. The van der Waals surface area contributed by atoms with Crippen molar-refractivity contribution in [3.8, 4) is 11.5 Å². The van der Waals surface area contributed by atoms with Crippen LogP contribution >= 0.6 is 11.3 Å². The van der Waals surface area contributed by atoms with Gasteiger partial charge in [0.1, 0.15) is 22.1 Å². The molecule has 1 amide bonds. The van der Waals surface area contributed by atoms with Gasteiger partial charge in [0.2, 0.25) is 0 Å². The zero-order valence-corrected chi connectivity index (χ0v) is 23.2. The van der Waals surface area contributed by atoms with Crippen molar-refractivity contribution in [3.63, 3.8) is 0 Å². The smallest absolute Gasteiger partial charge is 0.350 e. The molecule has 1 aliphatic rings. The first-order valence-corrected chi connectivity index (χ1v) is 13.2. The van der Waals surface area contributed by atoms with Gasteiger partial charge in [-0.25, -0.2) is 9.78 Å². The zero-order valence-electron chi connectivity index (χ0n) is 22.4.